The number of esters is 1. The van der Waals surface area contributed by atoms with E-state index in [2.05, 4.69) is 19.0 Å². The third-order valence-corrected chi connectivity index (χ3v) is 2.91. The number of carbonyl (C=O) groups excluding carboxylic acids is 1. The largest absolute Gasteiger partial charge is 0.465 e. The average molecular weight is 254 g/mol. The van der Waals surface area contributed by atoms with Crippen LogP contribution in [0.15, 0.2) is 4.52 Å². The van der Waals surface area contributed by atoms with E-state index in [-0.39, 0.29) is 18.6 Å². The van der Waals surface area contributed by atoms with E-state index in [1.165, 1.54) is 0 Å². The van der Waals surface area contributed by atoms with Gasteiger partial charge in [-0.05, 0) is 34.6 Å². The van der Waals surface area contributed by atoms with E-state index in [0.717, 1.165) is 17.0 Å². The van der Waals surface area contributed by atoms with Gasteiger partial charge >= 0.3 is 5.97 Å². The molecular formula is C13H22N2O3. The van der Waals surface area contributed by atoms with Crippen molar-refractivity contribution in [3.63, 3.8) is 0 Å². The summed E-state index contributed by atoms with van der Waals surface area (Å²) in [6, 6.07) is 0.253. The van der Waals surface area contributed by atoms with Crippen LogP contribution in [0.25, 0.3) is 0 Å². The molecule has 102 valence electrons. The molecule has 0 amide bonds. The lowest BCUT2D eigenvalue weighted by molar-refractivity contribution is -0.145. The quantitative estimate of drug-likeness (QED) is 0.727. The van der Waals surface area contributed by atoms with Crippen LogP contribution in [0.5, 0.6) is 0 Å². The molecule has 0 aliphatic heterocycles. The van der Waals surface area contributed by atoms with E-state index in [1.807, 2.05) is 25.7 Å². The first-order chi connectivity index (χ1) is 8.45. The lowest BCUT2D eigenvalue weighted by Crippen LogP contribution is -2.36. The normalized spacial score (nSPS) is 11.3. The van der Waals surface area contributed by atoms with Crippen LogP contribution in [-0.4, -0.2) is 35.2 Å². The van der Waals surface area contributed by atoms with Crippen molar-refractivity contribution in [2.75, 3.05) is 13.2 Å². The molecule has 0 fully saturated rings. The van der Waals surface area contributed by atoms with Crippen LogP contribution in [0, 0.1) is 13.8 Å². The summed E-state index contributed by atoms with van der Waals surface area (Å²) in [7, 11) is 0. The Bertz CT molecular complexity index is 379. The number of ether oxygens (including phenoxy) is 1. The molecule has 0 bridgehead atoms. The third kappa shape index (κ3) is 3.84. The number of nitrogens with zero attached hydrogens (tertiary/aromatic N) is 2. The highest BCUT2D eigenvalue weighted by molar-refractivity contribution is 5.71. The Balaban J connectivity index is 2.72. The van der Waals surface area contributed by atoms with E-state index in [0.29, 0.717) is 13.2 Å². The minimum Gasteiger partial charge on any atom is -0.465 e. The van der Waals surface area contributed by atoms with Gasteiger partial charge in [-0.15, -0.1) is 0 Å². The Morgan fingerprint density at radius 3 is 2.56 bits per heavy atom. The molecule has 1 heterocycles. The lowest BCUT2D eigenvalue weighted by Gasteiger charge is -2.25. The van der Waals surface area contributed by atoms with Crippen LogP contribution in [0.1, 0.15) is 37.8 Å². The second kappa shape index (κ2) is 6.54. The number of aromatic nitrogens is 1. The minimum atomic E-state index is -0.196. The van der Waals surface area contributed by atoms with Gasteiger partial charge in [0.25, 0.3) is 0 Å². The number of hydrogen-bond acceptors (Lipinski definition) is 5. The van der Waals surface area contributed by atoms with Gasteiger partial charge in [0.15, 0.2) is 0 Å². The summed E-state index contributed by atoms with van der Waals surface area (Å²) in [4.78, 5) is 13.6. The zero-order valence-electron chi connectivity index (χ0n) is 11.8. The molecule has 0 radical (unpaired) electrons. The Kier molecular flexibility index (Phi) is 5.34. The molecule has 5 heteroatoms. The lowest BCUT2D eigenvalue weighted by atomic mass is 10.1. The Labute approximate surface area is 108 Å². The number of aryl methyl sites for hydroxylation is 2. The van der Waals surface area contributed by atoms with Crippen molar-refractivity contribution in [3.8, 4) is 0 Å². The summed E-state index contributed by atoms with van der Waals surface area (Å²) in [6.07, 6.45) is 0. The van der Waals surface area contributed by atoms with Crippen molar-refractivity contribution in [2.45, 2.75) is 47.2 Å². The molecule has 1 rings (SSSR count). The smallest absolute Gasteiger partial charge is 0.320 e. The van der Waals surface area contributed by atoms with Crippen LogP contribution < -0.4 is 0 Å². The van der Waals surface area contributed by atoms with Crippen LogP contribution in [0.3, 0.4) is 0 Å². The number of carbonyl (C=O) groups is 1. The third-order valence-electron chi connectivity index (χ3n) is 2.91. The fourth-order valence-corrected chi connectivity index (χ4v) is 1.72. The predicted molar refractivity (Wildman–Crippen MR) is 68.2 cm³/mol. The molecule has 0 N–H and O–H groups in total. The monoisotopic (exact) mass is 254 g/mol. The standard InChI is InChI=1S/C13H22N2O3/c1-6-17-13(16)8-15(9(2)3)7-12-10(4)14-18-11(12)5/h9H,6-8H2,1-5H3. The molecule has 0 aliphatic rings. The maximum Gasteiger partial charge on any atom is 0.320 e. The van der Waals surface area contributed by atoms with E-state index in [4.69, 9.17) is 9.26 Å². The minimum absolute atomic E-state index is 0.196. The molecule has 0 aromatic carbocycles. The second-order valence-electron chi connectivity index (χ2n) is 4.61. The molecule has 0 atom stereocenters. The van der Waals surface area contributed by atoms with Gasteiger partial charge in [0.05, 0.1) is 18.8 Å². The van der Waals surface area contributed by atoms with Gasteiger partial charge in [-0.25, -0.2) is 0 Å². The van der Waals surface area contributed by atoms with Crippen LogP contribution in [0.2, 0.25) is 0 Å². The van der Waals surface area contributed by atoms with Gasteiger partial charge in [0, 0.05) is 18.2 Å². The first kappa shape index (κ1) is 14.7. The molecule has 5 nitrogen and oxygen atoms in total. The van der Waals surface area contributed by atoms with E-state index in [1.54, 1.807) is 0 Å². The van der Waals surface area contributed by atoms with Crippen LogP contribution >= 0.6 is 0 Å². The summed E-state index contributed by atoms with van der Waals surface area (Å²) < 4.78 is 10.1. The molecule has 0 saturated carbocycles. The second-order valence-corrected chi connectivity index (χ2v) is 4.61. The summed E-state index contributed by atoms with van der Waals surface area (Å²) in [5, 5.41) is 3.93. The van der Waals surface area contributed by atoms with Gasteiger partial charge in [0.2, 0.25) is 0 Å². The Hall–Kier alpha value is -1.36. The van der Waals surface area contributed by atoms with Crippen molar-refractivity contribution < 1.29 is 14.1 Å². The summed E-state index contributed by atoms with van der Waals surface area (Å²) >= 11 is 0. The number of hydrogen-bond donors (Lipinski definition) is 0. The van der Waals surface area contributed by atoms with Crippen molar-refractivity contribution in [1.82, 2.24) is 10.1 Å². The predicted octanol–water partition coefficient (Wildman–Crippen LogP) is 2.06. The van der Waals surface area contributed by atoms with Crippen molar-refractivity contribution in [2.24, 2.45) is 0 Å². The highest BCUT2D eigenvalue weighted by atomic mass is 16.5. The zero-order valence-corrected chi connectivity index (χ0v) is 11.8. The first-order valence-electron chi connectivity index (χ1n) is 6.27. The topological polar surface area (TPSA) is 55.6 Å². The van der Waals surface area contributed by atoms with E-state index in [9.17, 15) is 4.79 Å². The van der Waals surface area contributed by atoms with E-state index < -0.39 is 0 Å². The summed E-state index contributed by atoms with van der Waals surface area (Å²) in [5.41, 5.74) is 1.93. The zero-order chi connectivity index (χ0) is 13.7. The molecule has 18 heavy (non-hydrogen) atoms. The van der Waals surface area contributed by atoms with Crippen molar-refractivity contribution in [1.29, 1.82) is 0 Å². The van der Waals surface area contributed by atoms with Gasteiger partial charge in [0.1, 0.15) is 5.76 Å². The first-order valence-corrected chi connectivity index (χ1v) is 6.27. The highest BCUT2D eigenvalue weighted by Gasteiger charge is 2.19. The Morgan fingerprint density at radius 1 is 1.44 bits per heavy atom. The summed E-state index contributed by atoms with van der Waals surface area (Å²) in [6.45, 7) is 11.1. The fraction of sp³-hybridized carbons (Fsp3) is 0.692. The highest BCUT2D eigenvalue weighted by Crippen LogP contribution is 2.16. The van der Waals surface area contributed by atoms with Crippen LogP contribution in [0.4, 0.5) is 0 Å². The van der Waals surface area contributed by atoms with Gasteiger partial charge in [-0.3, -0.25) is 9.69 Å². The fourth-order valence-electron chi connectivity index (χ4n) is 1.72. The van der Waals surface area contributed by atoms with Gasteiger partial charge in [-0.1, -0.05) is 5.16 Å². The SMILES string of the molecule is CCOC(=O)CN(Cc1c(C)noc1C)C(C)C. The molecule has 0 aliphatic carbocycles. The van der Waals surface area contributed by atoms with Gasteiger partial charge < -0.3 is 9.26 Å². The maximum absolute atomic E-state index is 11.6. The van der Waals surface area contributed by atoms with E-state index >= 15 is 0 Å². The van der Waals surface area contributed by atoms with Crippen molar-refractivity contribution in [3.05, 3.63) is 17.0 Å². The Morgan fingerprint density at radius 2 is 2.11 bits per heavy atom. The molecular weight excluding hydrogens is 232 g/mol. The van der Waals surface area contributed by atoms with Gasteiger partial charge in [-0.2, -0.15) is 0 Å². The molecule has 0 spiro atoms. The summed E-state index contributed by atoms with van der Waals surface area (Å²) in [5.74, 6) is 0.611. The van der Waals surface area contributed by atoms with Crippen molar-refractivity contribution >= 4 is 5.97 Å². The molecule has 1 aromatic heterocycles. The van der Waals surface area contributed by atoms with Crippen LogP contribution in [-0.2, 0) is 16.1 Å². The molecule has 0 saturated heterocycles. The average Bonchev–Trinajstić information content (AvgIpc) is 2.59. The molecule has 1 aromatic rings. The number of rotatable bonds is 6. The maximum atomic E-state index is 11.6. The molecule has 0 unspecified atom stereocenters.